The summed E-state index contributed by atoms with van der Waals surface area (Å²) in [4.78, 5) is 37.4. The van der Waals surface area contributed by atoms with Crippen LogP contribution in [0.2, 0.25) is 0 Å². The van der Waals surface area contributed by atoms with Crippen molar-refractivity contribution < 1.29 is 23.9 Å². The fourth-order valence-electron chi connectivity index (χ4n) is 2.93. The van der Waals surface area contributed by atoms with Crippen LogP contribution in [0.25, 0.3) is 0 Å². The Morgan fingerprint density at radius 2 is 1.59 bits per heavy atom. The van der Waals surface area contributed by atoms with Gasteiger partial charge in [-0.25, -0.2) is 9.59 Å². The van der Waals surface area contributed by atoms with Crippen LogP contribution < -0.4 is 0 Å². The Kier molecular flexibility index (Phi) is 8.59. The Balaban J connectivity index is 2.23. The van der Waals surface area contributed by atoms with Gasteiger partial charge in [-0.2, -0.15) is 0 Å². The summed E-state index contributed by atoms with van der Waals surface area (Å²) in [7, 11) is 0. The first-order valence-electron chi connectivity index (χ1n) is 10.0. The number of hydrogen-bond acceptors (Lipinski definition) is 5. The average Bonchev–Trinajstić information content (AvgIpc) is 2.70. The van der Waals surface area contributed by atoms with E-state index in [-0.39, 0.29) is 6.42 Å². The monoisotopic (exact) mass is 396 g/mol. The standard InChI is InChI=1S/C24H28O5/c1-4-5-15-21(25)28-24(27)22(18-11-7-6-8-12-18)29-23(26)20-14-10-9-13-19(20)16-17(2)3/h6-14,17,22H,4-5,15-16H2,1-3H3. The van der Waals surface area contributed by atoms with Gasteiger partial charge in [-0.1, -0.05) is 75.7 Å². The quantitative estimate of drug-likeness (QED) is 0.438. The summed E-state index contributed by atoms with van der Waals surface area (Å²) in [6.45, 7) is 6.07. The molecule has 1 unspecified atom stereocenters. The van der Waals surface area contributed by atoms with Crippen molar-refractivity contribution in [2.75, 3.05) is 0 Å². The number of rotatable bonds is 9. The summed E-state index contributed by atoms with van der Waals surface area (Å²) in [5.74, 6) is -1.76. The van der Waals surface area contributed by atoms with Gasteiger partial charge in [0, 0.05) is 12.0 Å². The average molecular weight is 396 g/mol. The molecule has 0 amide bonds. The lowest BCUT2D eigenvalue weighted by molar-refractivity contribution is -0.166. The van der Waals surface area contributed by atoms with E-state index in [2.05, 4.69) is 13.8 Å². The van der Waals surface area contributed by atoms with Crippen molar-refractivity contribution in [2.45, 2.75) is 52.6 Å². The third kappa shape index (κ3) is 6.86. The molecule has 2 rings (SSSR count). The summed E-state index contributed by atoms with van der Waals surface area (Å²) in [6, 6.07) is 15.8. The van der Waals surface area contributed by atoms with Gasteiger partial charge in [0.05, 0.1) is 5.56 Å². The molecule has 0 saturated heterocycles. The molecular weight excluding hydrogens is 368 g/mol. The first-order valence-corrected chi connectivity index (χ1v) is 10.0. The second-order valence-corrected chi connectivity index (χ2v) is 7.35. The van der Waals surface area contributed by atoms with Gasteiger partial charge in [-0.05, 0) is 30.4 Å². The molecule has 0 radical (unpaired) electrons. The van der Waals surface area contributed by atoms with Gasteiger partial charge in [0.2, 0.25) is 6.10 Å². The summed E-state index contributed by atoms with van der Waals surface area (Å²) in [5, 5.41) is 0. The molecule has 0 aliphatic heterocycles. The van der Waals surface area contributed by atoms with Gasteiger partial charge < -0.3 is 9.47 Å². The minimum atomic E-state index is -1.30. The van der Waals surface area contributed by atoms with Gasteiger partial charge in [-0.15, -0.1) is 0 Å². The van der Waals surface area contributed by atoms with Crippen molar-refractivity contribution in [3.63, 3.8) is 0 Å². The first kappa shape index (κ1) is 22.3. The molecule has 2 aromatic carbocycles. The van der Waals surface area contributed by atoms with Crippen molar-refractivity contribution >= 4 is 17.9 Å². The molecule has 154 valence electrons. The molecule has 0 heterocycles. The number of benzene rings is 2. The number of hydrogen-bond donors (Lipinski definition) is 0. The van der Waals surface area contributed by atoms with Gasteiger partial charge in [0.15, 0.2) is 0 Å². The van der Waals surface area contributed by atoms with E-state index in [0.717, 1.165) is 12.0 Å². The largest absolute Gasteiger partial charge is 0.442 e. The van der Waals surface area contributed by atoms with Crippen molar-refractivity contribution in [1.29, 1.82) is 0 Å². The molecule has 0 aliphatic rings. The van der Waals surface area contributed by atoms with Crippen LogP contribution in [0.5, 0.6) is 0 Å². The van der Waals surface area contributed by atoms with Crippen LogP contribution in [0.15, 0.2) is 54.6 Å². The van der Waals surface area contributed by atoms with E-state index in [1.54, 1.807) is 42.5 Å². The van der Waals surface area contributed by atoms with Crippen LogP contribution >= 0.6 is 0 Å². The minimum Gasteiger partial charge on any atom is -0.442 e. The SMILES string of the molecule is CCCCC(=O)OC(=O)C(OC(=O)c1ccccc1CC(C)C)c1ccccc1. The van der Waals surface area contributed by atoms with Gasteiger partial charge in [0.1, 0.15) is 0 Å². The molecule has 0 aliphatic carbocycles. The highest BCUT2D eigenvalue weighted by molar-refractivity contribution is 5.95. The number of esters is 3. The molecule has 0 fully saturated rings. The van der Waals surface area contributed by atoms with Crippen LogP contribution in [0.3, 0.4) is 0 Å². The lowest BCUT2D eigenvalue weighted by Crippen LogP contribution is -2.25. The van der Waals surface area contributed by atoms with Crippen LogP contribution in [0.4, 0.5) is 0 Å². The number of unbranched alkanes of at least 4 members (excludes halogenated alkanes) is 1. The zero-order chi connectivity index (χ0) is 21.2. The van der Waals surface area contributed by atoms with E-state index >= 15 is 0 Å². The summed E-state index contributed by atoms with van der Waals surface area (Å²) >= 11 is 0. The first-order chi connectivity index (χ1) is 13.9. The molecule has 0 spiro atoms. The van der Waals surface area contributed by atoms with E-state index in [9.17, 15) is 14.4 Å². The van der Waals surface area contributed by atoms with Crippen LogP contribution in [-0.4, -0.2) is 17.9 Å². The zero-order valence-corrected chi connectivity index (χ0v) is 17.2. The summed E-state index contributed by atoms with van der Waals surface area (Å²) in [5.41, 5.74) is 1.72. The lowest BCUT2D eigenvalue weighted by Gasteiger charge is -2.18. The maximum atomic E-state index is 12.9. The highest BCUT2D eigenvalue weighted by Crippen LogP contribution is 2.23. The highest BCUT2D eigenvalue weighted by atomic mass is 16.6. The number of carbonyl (C=O) groups is 3. The van der Waals surface area contributed by atoms with Crippen LogP contribution in [0.1, 0.15) is 67.6 Å². The van der Waals surface area contributed by atoms with Gasteiger partial charge in [0.25, 0.3) is 0 Å². The highest BCUT2D eigenvalue weighted by Gasteiger charge is 2.29. The lowest BCUT2D eigenvalue weighted by atomic mass is 9.98. The zero-order valence-electron chi connectivity index (χ0n) is 17.2. The third-order valence-electron chi connectivity index (χ3n) is 4.36. The van der Waals surface area contributed by atoms with E-state index in [0.29, 0.717) is 29.9 Å². The molecule has 5 heteroatoms. The predicted molar refractivity (Wildman–Crippen MR) is 110 cm³/mol. The van der Waals surface area contributed by atoms with Crippen molar-refractivity contribution in [3.05, 3.63) is 71.3 Å². The van der Waals surface area contributed by atoms with Crippen molar-refractivity contribution in [2.24, 2.45) is 5.92 Å². The molecule has 29 heavy (non-hydrogen) atoms. The second kappa shape index (κ2) is 11.1. The fourth-order valence-corrected chi connectivity index (χ4v) is 2.93. The van der Waals surface area contributed by atoms with Crippen LogP contribution in [0, 0.1) is 5.92 Å². The summed E-state index contributed by atoms with van der Waals surface area (Å²) < 4.78 is 10.5. The number of ether oxygens (including phenoxy) is 2. The third-order valence-corrected chi connectivity index (χ3v) is 4.36. The maximum Gasteiger partial charge on any atom is 0.359 e. The fraction of sp³-hybridized carbons (Fsp3) is 0.375. The Morgan fingerprint density at radius 3 is 2.24 bits per heavy atom. The van der Waals surface area contributed by atoms with E-state index in [1.165, 1.54) is 0 Å². The van der Waals surface area contributed by atoms with Crippen LogP contribution in [-0.2, 0) is 25.5 Å². The Bertz CT molecular complexity index is 826. The molecule has 2 aromatic rings. The van der Waals surface area contributed by atoms with Crippen molar-refractivity contribution in [3.8, 4) is 0 Å². The van der Waals surface area contributed by atoms with Crippen molar-refractivity contribution in [1.82, 2.24) is 0 Å². The summed E-state index contributed by atoms with van der Waals surface area (Å²) in [6.07, 6.45) is 0.995. The smallest absolute Gasteiger partial charge is 0.359 e. The molecule has 0 saturated carbocycles. The van der Waals surface area contributed by atoms with E-state index in [1.807, 2.05) is 19.1 Å². The predicted octanol–water partition coefficient (Wildman–Crippen LogP) is 5.04. The molecule has 0 N–H and O–H groups in total. The Labute approximate surface area is 172 Å². The van der Waals surface area contributed by atoms with E-state index < -0.39 is 24.0 Å². The normalized spacial score (nSPS) is 11.7. The Hall–Kier alpha value is -2.95. The molecule has 0 bridgehead atoms. The molecule has 0 aromatic heterocycles. The second-order valence-electron chi connectivity index (χ2n) is 7.35. The molecular formula is C24H28O5. The number of carbonyl (C=O) groups excluding carboxylic acids is 3. The molecule has 1 atom stereocenters. The van der Waals surface area contributed by atoms with Gasteiger partial charge in [-0.3, -0.25) is 4.79 Å². The van der Waals surface area contributed by atoms with Gasteiger partial charge >= 0.3 is 17.9 Å². The Morgan fingerprint density at radius 1 is 0.931 bits per heavy atom. The molecule has 5 nitrogen and oxygen atoms in total. The minimum absolute atomic E-state index is 0.148. The van der Waals surface area contributed by atoms with E-state index in [4.69, 9.17) is 9.47 Å². The topological polar surface area (TPSA) is 69.7 Å². The maximum absolute atomic E-state index is 12.9.